The number of rotatable bonds is 5. The lowest BCUT2D eigenvalue weighted by Crippen LogP contribution is -2.32. The summed E-state index contributed by atoms with van der Waals surface area (Å²) >= 11 is 0. The van der Waals surface area contributed by atoms with Crippen molar-refractivity contribution in [2.24, 2.45) is 0 Å². The third kappa shape index (κ3) is 4.21. The van der Waals surface area contributed by atoms with E-state index in [1.165, 1.54) is 25.0 Å². The van der Waals surface area contributed by atoms with Crippen LogP contribution in [-0.4, -0.2) is 23.9 Å². The van der Waals surface area contributed by atoms with Crippen LogP contribution < -0.4 is 10.4 Å². The van der Waals surface area contributed by atoms with Gasteiger partial charge >= 0.3 is 11.6 Å². The highest BCUT2D eigenvalue weighted by molar-refractivity contribution is 5.82. The van der Waals surface area contributed by atoms with Gasteiger partial charge < -0.3 is 18.8 Å². The Labute approximate surface area is 178 Å². The van der Waals surface area contributed by atoms with Crippen molar-refractivity contribution in [3.8, 4) is 5.75 Å². The highest BCUT2D eigenvalue weighted by Crippen LogP contribution is 2.33. The number of esters is 1. The first-order valence-electron chi connectivity index (χ1n) is 9.78. The van der Waals surface area contributed by atoms with Gasteiger partial charge in [-0.25, -0.2) is 4.79 Å². The molecule has 158 valence electrons. The Morgan fingerprint density at radius 2 is 1.94 bits per heavy atom. The van der Waals surface area contributed by atoms with Crippen LogP contribution in [0.3, 0.4) is 0 Å². The van der Waals surface area contributed by atoms with E-state index in [9.17, 15) is 14.4 Å². The normalized spacial score (nSPS) is 14.9. The molecule has 0 spiro atoms. The third-order valence-corrected chi connectivity index (χ3v) is 5.26. The molecule has 0 unspecified atom stereocenters. The summed E-state index contributed by atoms with van der Waals surface area (Å²) in [7, 11) is 1.52. The lowest BCUT2D eigenvalue weighted by molar-refractivity contribution is -0.146. The van der Waals surface area contributed by atoms with Gasteiger partial charge in [0.05, 0.1) is 19.6 Å². The van der Waals surface area contributed by atoms with Gasteiger partial charge in [-0.05, 0) is 29.3 Å². The number of carbonyl (C=O) groups is 2. The maximum Gasteiger partial charge on any atom is 0.336 e. The lowest BCUT2D eigenvalue weighted by Gasteiger charge is -2.32. The standard InChI is InChI=1S/C24H21NO6/c1-15(26)25-10-9-16-5-3-4-6-19(16)21(25)13-23(27)30-14-17-11-24(28)31-22-12-18(29-2)7-8-20(17)22/h3-12,21H,13-14H2,1-2H3/t21-/m1/s1. The molecule has 0 saturated carbocycles. The first-order valence-corrected chi connectivity index (χ1v) is 9.78. The smallest absolute Gasteiger partial charge is 0.336 e. The number of methoxy groups -OCH3 is 1. The van der Waals surface area contributed by atoms with Crippen molar-refractivity contribution in [3.05, 3.63) is 81.8 Å². The molecule has 0 aliphatic carbocycles. The van der Waals surface area contributed by atoms with Gasteiger partial charge in [0.1, 0.15) is 17.9 Å². The molecular formula is C24H21NO6. The monoisotopic (exact) mass is 419 g/mol. The molecular weight excluding hydrogens is 398 g/mol. The Morgan fingerprint density at radius 3 is 2.71 bits per heavy atom. The molecule has 2 heterocycles. The number of carbonyl (C=O) groups excluding carboxylic acids is 2. The fourth-order valence-electron chi connectivity index (χ4n) is 3.74. The summed E-state index contributed by atoms with van der Waals surface area (Å²) in [5.74, 6) is -0.0847. The van der Waals surface area contributed by atoms with Gasteiger partial charge in [-0.1, -0.05) is 24.3 Å². The molecule has 1 amide bonds. The molecule has 31 heavy (non-hydrogen) atoms. The van der Waals surface area contributed by atoms with Crippen LogP contribution in [0.1, 0.15) is 36.1 Å². The Hall–Kier alpha value is -3.87. The molecule has 0 N–H and O–H groups in total. The maximum absolute atomic E-state index is 12.7. The highest BCUT2D eigenvalue weighted by Gasteiger charge is 2.28. The second kappa shape index (κ2) is 8.47. The average Bonchev–Trinajstić information content (AvgIpc) is 2.76. The van der Waals surface area contributed by atoms with Crippen molar-refractivity contribution in [3.63, 3.8) is 0 Å². The number of amides is 1. The molecule has 1 aliphatic rings. The first kappa shape index (κ1) is 20.4. The largest absolute Gasteiger partial charge is 0.497 e. The molecule has 2 aromatic carbocycles. The van der Waals surface area contributed by atoms with E-state index in [0.717, 1.165) is 11.1 Å². The Balaban J connectivity index is 1.54. The fraction of sp³-hybridized carbons (Fsp3) is 0.208. The molecule has 3 aromatic rings. The van der Waals surface area contributed by atoms with Crippen molar-refractivity contribution in [2.75, 3.05) is 7.11 Å². The van der Waals surface area contributed by atoms with Crippen LogP contribution in [-0.2, 0) is 20.9 Å². The summed E-state index contributed by atoms with van der Waals surface area (Å²) in [5.41, 5.74) is 2.19. The van der Waals surface area contributed by atoms with Crippen LogP contribution in [0.2, 0.25) is 0 Å². The molecule has 1 atom stereocenters. The van der Waals surface area contributed by atoms with Gasteiger partial charge in [-0.2, -0.15) is 0 Å². The Bertz CT molecular complexity index is 1240. The number of fused-ring (bicyclic) bond motifs is 2. The van der Waals surface area contributed by atoms with E-state index in [4.69, 9.17) is 13.9 Å². The summed E-state index contributed by atoms with van der Waals surface area (Å²) in [4.78, 5) is 38.2. The molecule has 7 nitrogen and oxygen atoms in total. The van der Waals surface area contributed by atoms with E-state index in [-0.39, 0.29) is 18.9 Å². The fourth-order valence-corrected chi connectivity index (χ4v) is 3.74. The van der Waals surface area contributed by atoms with E-state index in [1.54, 1.807) is 24.4 Å². The SMILES string of the molecule is COc1ccc2c(COC(=O)C[C@@H]3c4ccccc4C=CN3C(C)=O)cc(=O)oc2c1. The lowest BCUT2D eigenvalue weighted by atomic mass is 9.94. The molecule has 1 aromatic heterocycles. The van der Waals surface area contributed by atoms with Crippen LogP contribution in [0.4, 0.5) is 0 Å². The van der Waals surface area contributed by atoms with Crippen molar-refractivity contribution < 1.29 is 23.5 Å². The van der Waals surface area contributed by atoms with Crippen LogP contribution in [0.25, 0.3) is 17.0 Å². The Morgan fingerprint density at radius 1 is 1.13 bits per heavy atom. The quantitative estimate of drug-likeness (QED) is 0.462. The maximum atomic E-state index is 12.7. The summed E-state index contributed by atoms with van der Waals surface area (Å²) in [6.07, 6.45) is 3.53. The van der Waals surface area contributed by atoms with Crippen LogP contribution >= 0.6 is 0 Å². The third-order valence-electron chi connectivity index (χ3n) is 5.26. The number of hydrogen-bond acceptors (Lipinski definition) is 6. The summed E-state index contributed by atoms with van der Waals surface area (Å²) < 4.78 is 15.9. The van der Waals surface area contributed by atoms with Gasteiger partial charge in [-0.3, -0.25) is 9.59 Å². The number of nitrogens with zero attached hydrogens (tertiary/aromatic N) is 1. The summed E-state index contributed by atoms with van der Waals surface area (Å²) in [6, 6.07) is 13.6. The minimum Gasteiger partial charge on any atom is -0.497 e. The zero-order valence-corrected chi connectivity index (χ0v) is 17.2. The molecule has 0 saturated heterocycles. The molecule has 0 fully saturated rings. The van der Waals surface area contributed by atoms with Crippen molar-refractivity contribution >= 4 is 28.9 Å². The summed E-state index contributed by atoms with van der Waals surface area (Å²) in [6.45, 7) is 1.37. The number of ether oxygens (including phenoxy) is 2. The zero-order valence-electron chi connectivity index (χ0n) is 17.2. The predicted molar refractivity (Wildman–Crippen MR) is 114 cm³/mol. The van der Waals surface area contributed by atoms with Crippen LogP contribution in [0.15, 0.2) is 63.9 Å². The van der Waals surface area contributed by atoms with Crippen molar-refractivity contribution in [1.29, 1.82) is 0 Å². The van der Waals surface area contributed by atoms with E-state index in [1.807, 2.05) is 30.3 Å². The van der Waals surface area contributed by atoms with Crippen molar-refractivity contribution in [1.82, 2.24) is 4.90 Å². The summed E-state index contributed by atoms with van der Waals surface area (Å²) in [5, 5.41) is 0.657. The van der Waals surface area contributed by atoms with Crippen molar-refractivity contribution in [2.45, 2.75) is 26.0 Å². The topological polar surface area (TPSA) is 86.0 Å². The number of benzene rings is 2. The molecule has 7 heteroatoms. The molecule has 1 aliphatic heterocycles. The van der Waals surface area contributed by atoms with Gasteiger partial charge in [0, 0.05) is 36.2 Å². The molecule has 0 radical (unpaired) electrons. The van der Waals surface area contributed by atoms with E-state index in [2.05, 4.69) is 0 Å². The first-order chi connectivity index (χ1) is 15.0. The molecule has 4 rings (SSSR count). The van der Waals surface area contributed by atoms with Gasteiger partial charge in [0.25, 0.3) is 0 Å². The highest BCUT2D eigenvalue weighted by atomic mass is 16.5. The molecule has 0 bridgehead atoms. The zero-order chi connectivity index (χ0) is 22.0. The van der Waals surface area contributed by atoms with Gasteiger partial charge in [0.2, 0.25) is 5.91 Å². The predicted octanol–water partition coefficient (Wildman–Crippen LogP) is 3.81. The van der Waals surface area contributed by atoms with E-state index >= 15 is 0 Å². The van der Waals surface area contributed by atoms with Crippen LogP contribution in [0.5, 0.6) is 5.75 Å². The van der Waals surface area contributed by atoms with Gasteiger partial charge in [-0.15, -0.1) is 0 Å². The average molecular weight is 419 g/mol. The number of hydrogen-bond donors (Lipinski definition) is 0. The van der Waals surface area contributed by atoms with E-state index < -0.39 is 17.6 Å². The van der Waals surface area contributed by atoms with Gasteiger partial charge in [0.15, 0.2) is 0 Å². The minimum atomic E-state index is -0.541. The van der Waals surface area contributed by atoms with E-state index in [0.29, 0.717) is 22.3 Å². The second-order valence-corrected chi connectivity index (χ2v) is 7.20. The second-order valence-electron chi connectivity index (χ2n) is 7.20. The minimum absolute atomic E-state index is 0.00582. The van der Waals surface area contributed by atoms with Crippen LogP contribution in [0, 0.1) is 0 Å². The Kier molecular flexibility index (Phi) is 5.58.